The molecule has 0 unspecified atom stereocenters. The van der Waals surface area contributed by atoms with Gasteiger partial charge in [0.05, 0.1) is 28.2 Å². The summed E-state index contributed by atoms with van der Waals surface area (Å²) >= 11 is 17.0. The molecule has 0 aliphatic heterocycles. The molecule has 0 saturated heterocycles. The van der Waals surface area contributed by atoms with E-state index in [4.69, 9.17) is 0 Å². The first kappa shape index (κ1) is 78.8. The van der Waals surface area contributed by atoms with Crippen LogP contribution in [0.3, 0.4) is 0 Å². The molecule has 0 saturated carbocycles. The Labute approximate surface area is 796 Å². The highest BCUT2D eigenvalue weighted by Crippen LogP contribution is 2.52. The van der Waals surface area contributed by atoms with Crippen LogP contribution in [0.15, 0.2) is 443 Å². The maximum absolute atomic E-state index is 2.38. The summed E-state index contributed by atoms with van der Waals surface area (Å²) < 4.78 is 24.6. The van der Waals surface area contributed by atoms with Gasteiger partial charge in [-0.1, -0.05) is 255 Å². The van der Waals surface area contributed by atoms with Crippen molar-refractivity contribution in [3.05, 3.63) is 443 Å². The molecule has 12 heteroatoms. The van der Waals surface area contributed by atoms with Crippen molar-refractivity contribution in [1.82, 2.24) is 0 Å². The third kappa shape index (κ3) is 14.0. The maximum Gasteiger partial charge on any atom is 0.0542 e. The zero-order valence-corrected chi connectivity index (χ0v) is 78.0. The Morgan fingerprint density at radius 2 is 0.318 bits per heavy atom. The number of nitrogens with zero attached hydrogens (tertiary/aromatic N) is 3. The summed E-state index contributed by atoms with van der Waals surface area (Å²) in [5.41, 5.74) is 20.2. The van der Waals surface area contributed by atoms with Gasteiger partial charge in [-0.2, -0.15) is 0 Å². The second-order valence-corrected chi connectivity index (χ2v) is 42.8. The summed E-state index contributed by atoms with van der Waals surface area (Å²) in [6, 6.07) is 162. The molecule has 0 amide bonds. The Balaban J connectivity index is 0.000000104. The molecular weight excluding hydrogens is 1770 g/mol. The predicted octanol–water partition coefficient (Wildman–Crippen LogP) is 40.0. The standard InChI is InChI=1S/C44H27NS3.2C38H23NS3/c1-2-8-32(9-3-1)45(33-20-14-28(15-21-33)30-19-25-41-38(26-30)35-10-4-6-12-39(35)46-41)34-22-16-29(17-23-34)31-18-24-37-42(27-31)48-43-36-11-5-7-13-40(36)47-44(37)43;1-2-10-26(11-3-1)39(28-18-20-35-32(23-28)29-13-4-6-15-33(29)40-35)27-12-8-9-24(21-27)25-17-19-31-36(22-25)42-37-30-14-5-7-16-34(30)41-38(31)37;1-2-8-26(9-3-1)39(28-19-21-35-32(23-28)29-10-4-6-12-33(29)40-35)27-17-14-24(15-18-27)25-16-20-31-36(22-25)42-37-30-11-5-7-13-34(30)41-38(31)37/h1-27H;2*1-23H. The van der Waals surface area contributed by atoms with Gasteiger partial charge in [-0.25, -0.2) is 0 Å². The van der Waals surface area contributed by atoms with Crippen LogP contribution in [0.1, 0.15) is 0 Å². The number of benzene rings is 19. The number of anilines is 9. The number of hydrogen-bond donors (Lipinski definition) is 0. The summed E-state index contributed by atoms with van der Waals surface area (Å²) in [5.74, 6) is 0. The quantitative estimate of drug-likeness (QED) is 0.114. The van der Waals surface area contributed by atoms with Gasteiger partial charge in [0, 0.05) is 172 Å². The lowest BCUT2D eigenvalue weighted by atomic mass is 10.0. The van der Waals surface area contributed by atoms with Gasteiger partial charge >= 0.3 is 0 Å². The van der Waals surface area contributed by atoms with Gasteiger partial charge < -0.3 is 14.7 Å². The largest absolute Gasteiger partial charge is 0.311 e. The molecule has 9 aromatic heterocycles. The molecule has 28 rings (SSSR count). The van der Waals surface area contributed by atoms with E-state index < -0.39 is 0 Å². The summed E-state index contributed by atoms with van der Waals surface area (Å²) in [6.07, 6.45) is 0. The molecule has 0 N–H and O–H groups in total. The van der Waals surface area contributed by atoms with Crippen LogP contribution < -0.4 is 14.7 Å². The second-order valence-electron chi connectivity index (χ2n) is 33.3. The highest BCUT2D eigenvalue weighted by molar-refractivity contribution is 7.38. The van der Waals surface area contributed by atoms with Crippen molar-refractivity contribution in [3.8, 4) is 44.5 Å². The molecule has 19 aromatic carbocycles. The van der Waals surface area contributed by atoms with Crippen LogP contribution >= 0.6 is 102 Å². The lowest BCUT2D eigenvalue weighted by Gasteiger charge is -2.26. The molecule has 9 heterocycles. The molecule has 0 radical (unpaired) electrons. The molecule has 0 aliphatic rings. The first-order valence-corrected chi connectivity index (χ1v) is 51.4. The first-order chi connectivity index (χ1) is 65.4. The van der Waals surface area contributed by atoms with E-state index >= 15 is 0 Å². The normalized spacial score (nSPS) is 11.8. The van der Waals surface area contributed by atoms with E-state index in [1.165, 1.54) is 194 Å². The Bertz CT molecular complexity index is 9310. The fourth-order valence-electron chi connectivity index (χ4n) is 19.1. The van der Waals surface area contributed by atoms with Gasteiger partial charge in [-0.15, -0.1) is 102 Å². The molecule has 0 bridgehead atoms. The van der Waals surface area contributed by atoms with E-state index in [2.05, 4.69) is 458 Å². The molecular formula is C120H73N3S9. The minimum absolute atomic E-state index is 1.13. The molecule has 0 spiro atoms. The second kappa shape index (κ2) is 33.0. The number of hydrogen-bond acceptors (Lipinski definition) is 12. The van der Waals surface area contributed by atoms with Crippen molar-refractivity contribution in [2.45, 2.75) is 0 Å². The van der Waals surface area contributed by atoms with Crippen molar-refractivity contribution in [3.63, 3.8) is 0 Å². The van der Waals surface area contributed by atoms with Crippen LogP contribution in [-0.4, -0.2) is 0 Å². The Morgan fingerprint density at radius 3 is 0.682 bits per heavy atom. The van der Waals surface area contributed by atoms with Crippen molar-refractivity contribution >= 4 is 302 Å². The SMILES string of the molecule is c1ccc(N(c2ccc(-c3ccc4c(c3)sc3c5ccccc5sc43)cc2)c2ccc(-c3ccc4sc5ccccc5c4c3)cc2)cc1.c1ccc(N(c2ccc(-c3ccc4c(c3)sc3c5ccccc5sc43)cc2)c2ccc3sc4ccccc4c3c2)cc1.c1ccc(N(c2cccc(-c3ccc4c(c3)sc3c5ccccc5sc43)c2)c2ccc3sc4ccccc4c3c2)cc1. The van der Waals surface area contributed by atoms with Crippen molar-refractivity contribution < 1.29 is 0 Å². The third-order valence-electron chi connectivity index (χ3n) is 25.4. The smallest absolute Gasteiger partial charge is 0.0542 e. The van der Waals surface area contributed by atoms with Gasteiger partial charge in [0.2, 0.25) is 0 Å². The summed E-state index contributed by atoms with van der Waals surface area (Å²) in [4.78, 5) is 7.07. The van der Waals surface area contributed by atoms with Crippen LogP contribution in [-0.2, 0) is 0 Å². The lowest BCUT2D eigenvalue weighted by Crippen LogP contribution is -2.09. The monoisotopic (exact) mass is 1840 g/mol. The molecule has 622 valence electrons. The molecule has 0 fully saturated rings. The van der Waals surface area contributed by atoms with E-state index in [-0.39, 0.29) is 0 Å². The minimum Gasteiger partial charge on any atom is -0.311 e. The van der Waals surface area contributed by atoms with Crippen LogP contribution in [0.2, 0.25) is 0 Å². The fourth-order valence-corrected chi connectivity index (χ4v) is 30.4. The Morgan fingerprint density at radius 1 is 0.106 bits per heavy atom. The van der Waals surface area contributed by atoms with E-state index in [9.17, 15) is 0 Å². The topological polar surface area (TPSA) is 9.72 Å². The minimum atomic E-state index is 1.13. The molecule has 132 heavy (non-hydrogen) atoms. The molecule has 0 aliphatic carbocycles. The zero-order chi connectivity index (χ0) is 86.9. The highest BCUT2D eigenvalue weighted by atomic mass is 32.1. The van der Waals surface area contributed by atoms with E-state index in [0.717, 1.165) is 51.2 Å². The van der Waals surface area contributed by atoms with Crippen molar-refractivity contribution in [2.75, 3.05) is 14.7 Å². The van der Waals surface area contributed by atoms with Gasteiger partial charge in [0.1, 0.15) is 0 Å². The Hall–Kier alpha value is -14.2. The van der Waals surface area contributed by atoms with E-state index in [1.54, 1.807) is 0 Å². The van der Waals surface area contributed by atoms with Crippen LogP contribution in [0.25, 0.3) is 194 Å². The average molecular weight is 1850 g/mol. The summed E-state index contributed by atoms with van der Waals surface area (Å²) in [7, 11) is 0. The van der Waals surface area contributed by atoms with Gasteiger partial charge in [-0.05, 0) is 233 Å². The lowest BCUT2D eigenvalue weighted by molar-refractivity contribution is 1.28. The number of fused-ring (bicyclic) bond motifs is 24. The number of rotatable bonds is 13. The first-order valence-electron chi connectivity index (χ1n) is 44.1. The number of para-hydroxylation sites is 3. The number of thiophene rings is 9. The van der Waals surface area contributed by atoms with Crippen LogP contribution in [0.4, 0.5) is 51.2 Å². The fraction of sp³-hybridized carbons (Fsp3) is 0. The van der Waals surface area contributed by atoms with Crippen molar-refractivity contribution in [1.29, 1.82) is 0 Å². The molecule has 28 aromatic rings. The summed E-state index contributed by atoms with van der Waals surface area (Å²) in [6.45, 7) is 0. The maximum atomic E-state index is 2.38. The highest BCUT2D eigenvalue weighted by Gasteiger charge is 2.23. The molecule has 3 nitrogen and oxygen atoms in total. The third-order valence-corrected chi connectivity index (χ3v) is 36.4. The van der Waals surface area contributed by atoms with Gasteiger partial charge in [0.25, 0.3) is 0 Å². The van der Waals surface area contributed by atoms with Gasteiger partial charge in [-0.3, -0.25) is 0 Å². The van der Waals surface area contributed by atoms with Crippen LogP contribution in [0, 0.1) is 0 Å². The average Bonchev–Trinajstić information content (AvgIpc) is 1.59. The van der Waals surface area contributed by atoms with E-state index in [0.29, 0.717) is 0 Å². The Kier molecular flexibility index (Phi) is 19.7. The van der Waals surface area contributed by atoms with Crippen LogP contribution in [0.5, 0.6) is 0 Å². The predicted molar refractivity (Wildman–Crippen MR) is 589 cm³/mol. The van der Waals surface area contributed by atoms with Gasteiger partial charge in [0.15, 0.2) is 0 Å². The summed E-state index contributed by atoms with van der Waals surface area (Å²) in [5, 5.41) is 16.1. The zero-order valence-electron chi connectivity index (χ0n) is 70.7. The van der Waals surface area contributed by atoms with Crippen molar-refractivity contribution in [2.24, 2.45) is 0 Å². The molecule has 0 atom stereocenters. The van der Waals surface area contributed by atoms with E-state index in [1.807, 2.05) is 102 Å².